The molecule has 0 N–H and O–H groups in total. The summed E-state index contributed by atoms with van der Waals surface area (Å²) in [5.74, 6) is 0. The monoisotopic (exact) mass is 438 g/mol. The summed E-state index contributed by atoms with van der Waals surface area (Å²) >= 11 is 1.41. The maximum atomic E-state index is 13.0. The van der Waals surface area contributed by atoms with E-state index in [0.717, 1.165) is 55.6 Å². The van der Waals surface area contributed by atoms with Gasteiger partial charge in [0, 0.05) is 4.88 Å². The first-order chi connectivity index (χ1) is 14.6. The minimum atomic E-state index is -3.21. The SMILES string of the molecule is O=S(=O)(c1ccc(-c2cccc(Cc3ccc4c(c3)COC4)c2)s1)C1CCCCC1. The summed E-state index contributed by atoms with van der Waals surface area (Å²) in [6.45, 7) is 1.42. The van der Waals surface area contributed by atoms with E-state index in [0.29, 0.717) is 10.8 Å². The summed E-state index contributed by atoms with van der Waals surface area (Å²) in [5, 5.41) is -0.201. The van der Waals surface area contributed by atoms with Crippen molar-refractivity contribution in [3.63, 3.8) is 0 Å². The van der Waals surface area contributed by atoms with Crippen LogP contribution in [0.4, 0.5) is 0 Å². The molecule has 3 aromatic rings. The van der Waals surface area contributed by atoms with Crippen molar-refractivity contribution in [2.24, 2.45) is 0 Å². The molecule has 156 valence electrons. The van der Waals surface area contributed by atoms with Crippen LogP contribution in [0, 0.1) is 0 Å². The number of ether oxygens (including phenoxy) is 1. The van der Waals surface area contributed by atoms with E-state index in [9.17, 15) is 8.42 Å². The normalized spacial score (nSPS) is 17.2. The molecule has 2 aromatic carbocycles. The third-order valence-corrected chi connectivity index (χ3v) is 10.2. The Morgan fingerprint density at radius 2 is 1.67 bits per heavy atom. The second kappa shape index (κ2) is 8.29. The summed E-state index contributed by atoms with van der Waals surface area (Å²) in [7, 11) is -3.21. The first-order valence-electron chi connectivity index (χ1n) is 10.7. The van der Waals surface area contributed by atoms with Crippen LogP contribution in [0.5, 0.6) is 0 Å². The lowest BCUT2D eigenvalue weighted by atomic mass is 9.99. The number of rotatable bonds is 5. The fourth-order valence-corrected chi connectivity index (χ4v) is 7.99. The molecular formula is C25H26O3S2. The van der Waals surface area contributed by atoms with Gasteiger partial charge in [0.05, 0.1) is 18.5 Å². The van der Waals surface area contributed by atoms with Crippen LogP contribution in [0.2, 0.25) is 0 Å². The van der Waals surface area contributed by atoms with Gasteiger partial charge in [0.1, 0.15) is 4.21 Å². The quantitative estimate of drug-likeness (QED) is 0.480. The molecule has 5 rings (SSSR count). The van der Waals surface area contributed by atoms with E-state index in [4.69, 9.17) is 4.74 Å². The van der Waals surface area contributed by atoms with E-state index < -0.39 is 9.84 Å². The molecule has 0 amide bonds. The summed E-state index contributed by atoms with van der Waals surface area (Å²) in [5.41, 5.74) is 6.18. The molecule has 0 bridgehead atoms. The van der Waals surface area contributed by atoms with Crippen molar-refractivity contribution in [2.45, 2.75) is 61.2 Å². The van der Waals surface area contributed by atoms with Crippen molar-refractivity contribution in [1.29, 1.82) is 0 Å². The molecular weight excluding hydrogens is 412 g/mol. The number of benzene rings is 2. The molecule has 0 radical (unpaired) electrons. The average molecular weight is 439 g/mol. The van der Waals surface area contributed by atoms with Gasteiger partial charge in [-0.2, -0.15) is 0 Å². The van der Waals surface area contributed by atoms with Crippen LogP contribution in [-0.4, -0.2) is 13.7 Å². The molecule has 0 spiro atoms. The van der Waals surface area contributed by atoms with E-state index in [2.05, 4.69) is 42.5 Å². The van der Waals surface area contributed by atoms with E-state index in [-0.39, 0.29) is 5.25 Å². The fourth-order valence-electron chi connectivity index (χ4n) is 4.57. The molecule has 1 fully saturated rings. The lowest BCUT2D eigenvalue weighted by molar-refractivity contribution is 0.134. The van der Waals surface area contributed by atoms with Crippen molar-refractivity contribution in [3.05, 3.63) is 76.9 Å². The van der Waals surface area contributed by atoms with Crippen LogP contribution in [0.1, 0.15) is 54.4 Å². The van der Waals surface area contributed by atoms with Crippen LogP contribution >= 0.6 is 11.3 Å². The topological polar surface area (TPSA) is 43.4 Å². The van der Waals surface area contributed by atoms with Gasteiger partial charge < -0.3 is 4.74 Å². The van der Waals surface area contributed by atoms with Gasteiger partial charge in [-0.1, -0.05) is 61.7 Å². The Bertz CT molecular complexity index is 1150. The third kappa shape index (κ3) is 3.98. The molecule has 5 heteroatoms. The van der Waals surface area contributed by atoms with Gasteiger partial charge in [-0.15, -0.1) is 11.3 Å². The molecule has 0 atom stereocenters. The van der Waals surface area contributed by atoms with E-state index in [1.807, 2.05) is 6.07 Å². The molecule has 0 saturated heterocycles. The summed E-state index contributed by atoms with van der Waals surface area (Å²) in [6.07, 6.45) is 5.68. The second-order valence-electron chi connectivity index (χ2n) is 8.40. The minimum Gasteiger partial charge on any atom is -0.372 e. The Morgan fingerprint density at radius 3 is 2.53 bits per heavy atom. The Hall–Kier alpha value is -1.95. The maximum absolute atomic E-state index is 13.0. The molecule has 1 aliphatic heterocycles. The lowest BCUT2D eigenvalue weighted by Crippen LogP contribution is -2.23. The zero-order valence-electron chi connectivity index (χ0n) is 17.0. The van der Waals surface area contributed by atoms with Gasteiger partial charge in [-0.3, -0.25) is 0 Å². The van der Waals surface area contributed by atoms with Crippen LogP contribution in [0.3, 0.4) is 0 Å². The first-order valence-corrected chi connectivity index (χ1v) is 13.1. The zero-order valence-corrected chi connectivity index (χ0v) is 18.6. The maximum Gasteiger partial charge on any atom is 0.190 e. The van der Waals surface area contributed by atoms with Crippen molar-refractivity contribution < 1.29 is 13.2 Å². The molecule has 1 saturated carbocycles. The van der Waals surface area contributed by atoms with Gasteiger partial charge in [0.25, 0.3) is 0 Å². The number of sulfone groups is 1. The van der Waals surface area contributed by atoms with Gasteiger partial charge in [-0.05, 0) is 59.2 Å². The minimum absolute atomic E-state index is 0.201. The van der Waals surface area contributed by atoms with Gasteiger partial charge >= 0.3 is 0 Å². The zero-order chi connectivity index (χ0) is 20.6. The Labute approximate surface area is 182 Å². The second-order valence-corrected chi connectivity index (χ2v) is 11.9. The largest absolute Gasteiger partial charge is 0.372 e. The Balaban J connectivity index is 1.37. The summed E-state index contributed by atoms with van der Waals surface area (Å²) in [6, 6.07) is 18.8. The number of thiophene rings is 1. The lowest BCUT2D eigenvalue weighted by Gasteiger charge is -2.20. The van der Waals surface area contributed by atoms with Crippen LogP contribution < -0.4 is 0 Å². The first kappa shape index (κ1) is 20.0. The number of hydrogen-bond acceptors (Lipinski definition) is 4. The highest BCUT2D eigenvalue weighted by Gasteiger charge is 2.30. The van der Waals surface area contributed by atoms with E-state index >= 15 is 0 Å². The predicted molar refractivity (Wildman–Crippen MR) is 122 cm³/mol. The molecule has 2 aliphatic rings. The molecule has 1 aliphatic carbocycles. The molecule has 3 nitrogen and oxygen atoms in total. The van der Waals surface area contributed by atoms with Crippen LogP contribution in [-0.2, 0) is 34.2 Å². The van der Waals surface area contributed by atoms with Gasteiger partial charge in [0.2, 0.25) is 0 Å². The standard InChI is InChI=1S/C25H26O3S2/c26-30(27,23-7-2-1-3-8-23)25-12-11-24(29-25)20-6-4-5-18(14-20)13-19-9-10-21-16-28-17-22(21)15-19/h4-6,9-12,14-15,23H,1-3,7-8,13,16-17H2. The van der Waals surface area contributed by atoms with Crippen LogP contribution in [0.15, 0.2) is 58.8 Å². The van der Waals surface area contributed by atoms with E-state index in [1.54, 1.807) is 6.07 Å². The van der Waals surface area contributed by atoms with Crippen molar-refractivity contribution in [1.82, 2.24) is 0 Å². The highest BCUT2D eigenvalue weighted by Crippen LogP contribution is 2.36. The molecule has 2 heterocycles. The Morgan fingerprint density at radius 1 is 0.867 bits per heavy atom. The van der Waals surface area contributed by atoms with E-state index in [1.165, 1.54) is 33.6 Å². The summed E-state index contributed by atoms with van der Waals surface area (Å²) < 4.78 is 32.1. The van der Waals surface area contributed by atoms with Crippen molar-refractivity contribution in [3.8, 4) is 10.4 Å². The van der Waals surface area contributed by atoms with Crippen molar-refractivity contribution in [2.75, 3.05) is 0 Å². The third-order valence-electron chi connectivity index (χ3n) is 6.26. The highest BCUT2D eigenvalue weighted by molar-refractivity contribution is 7.94. The number of fused-ring (bicyclic) bond motifs is 1. The molecule has 0 unspecified atom stereocenters. The van der Waals surface area contributed by atoms with Crippen LogP contribution in [0.25, 0.3) is 10.4 Å². The molecule has 1 aromatic heterocycles. The number of hydrogen-bond donors (Lipinski definition) is 0. The smallest absolute Gasteiger partial charge is 0.190 e. The Kier molecular flexibility index (Phi) is 5.52. The van der Waals surface area contributed by atoms with Crippen molar-refractivity contribution >= 4 is 21.2 Å². The summed E-state index contributed by atoms with van der Waals surface area (Å²) in [4.78, 5) is 1.02. The van der Waals surface area contributed by atoms with Gasteiger partial charge in [-0.25, -0.2) is 8.42 Å². The fraction of sp³-hybridized carbons (Fsp3) is 0.360. The molecule has 30 heavy (non-hydrogen) atoms. The average Bonchev–Trinajstić information content (AvgIpc) is 3.44. The predicted octanol–water partition coefficient (Wildman–Crippen LogP) is 6.14. The van der Waals surface area contributed by atoms with Gasteiger partial charge in [0.15, 0.2) is 9.84 Å². The highest BCUT2D eigenvalue weighted by atomic mass is 32.2.